The van der Waals surface area contributed by atoms with Crippen molar-refractivity contribution in [3.63, 3.8) is 0 Å². The maximum atomic E-state index is 12.1. The normalized spacial score (nSPS) is 11.7. The van der Waals surface area contributed by atoms with Crippen molar-refractivity contribution in [2.75, 3.05) is 5.32 Å². The molecule has 0 spiro atoms. The first-order valence-corrected chi connectivity index (χ1v) is 7.45. The average Bonchev–Trinajstić information content (AvgIpc) is 2.52. The SMILES string of the molecule is Cc1ccc(C(=O)O[C@H](C)C(=O)Nc2ccc(Cl)cn2)cc1C. The number of aromatic nitrogens is 1. The Hall–Kier alpha value is -2.40. The van der Waals surface area contributed by atoms with Crippen molar-refractivity contribution in [2.45, 2.75) is 26.9 Å². The summed E-state index contributed by atoms with van der Waals surface area (Å²) >= 11 is 5.73. The van der Waals surface area contributed by atoms with Crippen LogP contribution in [0.1, 0.15) is 28.4 Å². The Balaban J connectivity index is 1.98. The molecule has 0 aliphatic carbocycles. The molecule has 120 valence electrons. The fourth-order valence-corrected chi connectivity index (χ4v) is 1.94. The van der Waals surface area contributed by atoms with Gasteiger partial charge in [0.05, 0.1) is 10.6 Å². The molecule has 2 rings (SSSR count). The van der Waals surface area contributed by atoms with E-state index in [0.29, 0.717) is 16.4 Å². The number of hydrogen-bond donors (Lipinski definition) is 1. The second-order valence-corrected chi connectivity index (χ2v) is 5.63. The maximum absolute atomic E-state index is 12.1. The van der Waals surface area contributed by atoms with Crippen molar-refractivity contribution < 1.29 is 14.3 Å². The van der Waals surface area contributed by atoms with Gasteiger partial charge in [0.15, 0.2) is 6.10 Å². The van der Waals surface area contributed by atoms with Crippen LogP contribution in [0.25, 0.3) is 0 Å². The smallest absolute Gasteiger partial charge is 0.338 e. The minimum absolute atomic E-state index is 0.341. The number of benzene rings is 1. The number of pyridine rings is 1. The molecule has 0 saturated carbocycles. The van der Waals surface area contributed by atoms with E-state index in [-0.39, 0.29) is 0 Å². The highest BCUT2D eigenvalue weighted by atomic mass is 35.5. The topological polar surface area (TPSA) is 68.3 Å². The first-order valence-electron chi connectivity index (χ1n) is 7.07. The summed E-state index contributed by atoms with van der Waals surface area (Å²) in [4.78, 5) is 28.1. The minimum Gasteiger partial charge on any atom is -0.449 e. The quantitative estimate of drug-likeness (QED) is 0.869. The second kappa shape index (κ2) is 7.24. The number of amides is 1. The molecule has 0 bridgehead atoms. The Kier molecular flexibility index (Phi) is 5.34. The van der Waals surface area contributed by atoms with Gasteiger partial charge in [0, 0.05) is 6.20 Å². The lowest BCUT2D eigenvalue weighted by Gasteiger charge is -2.13. The van der Waals surface area contributed by atoms with Crippen molar-refractivity contribution in [3.8, 4) is 0 Å². The Morgan fingerprint density at radius 3 is 2.52 bits per heavy atom. The van der Waals surface area contributed by atoms with Crippen molar-refractivity contribution in [3.05, 3.63) is 58.2 Å². The average molecular weight is 333 g/mol. The minimum atomic E-state index is -0.943. The van der Waals surface area contributed by atoms with Gasteiger partial charge >= 0.3 is 5.97 Å². The van der Waals surface area contributed by atoms with Crippen LogP contribution in [0.15, 0.2) is 36.5 Å². The molecule has 1 amide bonds. The number of hydrogen-bond acceptors (Lipinski definition) is 4. The molecule has 1 N–H and O–H groups in total. The van der Waals surface area contributed by atoms with Crippen LogP contribution in [-0.4, -0.2) is 23.0 Å². The summed E-state index contributed by atoms with van der Waals surface area (Å²) in [6.45, 7) is 5.37. The predicted molar refractivity (Wildman–Crippen MR) is 88.7 cm³/mol. The Morgan fingerprint density at radius 1 is 1.17 bits per heavy atom. The van der Waals surface area contributed by atoms with Gasteiger partial charge in [-0.1, -0.05) is 17.7 Å². The molecule has 1 heterocycles. The summed E-state index contributed by atoms with van der Waals surface area (Å²) in [5, 5.41) is 3.03. The molecule has 1 aromatic carbocycles. The summed E-state index contributed by atoms with van der Waals surface area (Å²) in [5.74, 6) is -0.662. The molecule has 0 radical (unpaired) electrons. The lowest BCUT2D eigenvalue weighted by Crippen LogP contribution is -2.30. The standard InChI is InChI=1S/C17H17ClN2O3/c1-10-4-5-13(8-11(10)2)17(22)23-12(3)16(21)20-15-7-6-14(18)9-19-15/h4-9,12H,1-3H3,(H,19,20,21)/t12-/m1/s1. The van der Waals surface area contributed by atoms with Gasteiger partial charge in [-0.3, -0.25) is 4.79 Å². The van der Waals surface area contributed by atoms with Crippen LogP contribution in [0, 0.1) is 13.8 Å². The molecule has 0 saturated heterocycles. The molecule has 5 nitrogen and oxygen atoms in total. The zero-order valence-corrected chi connectivity index (χ0v) is 13.8. The first-order chi connectivity index (χ1) is 10.9. The third-order valence-electron chi connectivity index (χ3n) is 3.37. The number of carbonyl (C=O) groups excluding carboxylic acids is 2. The molecule has 1 aromatic heterocycles. The Morgan fingerprint density at radius 2 is 1.91 bits per heavy atom. The van der Waals surface area contributed by atoms with Gasteiger partial charge in [-0.2, -0.15) is 0 Å². The molecular formula is C17H17ClN2O3. The number of rotatable bonds is 4. The maximum Gasteiger partial charge on any atom is 0.338 e. The van der Waals surface area contributed by atoms with E-state index in [0.717, 1.165) is 11.1 Å². The molecule has 0 aliphatic heterocycles. The number of nitrogens with zero attached hydrogens (tertiary/aromatic N) is 1. The van der Waals surface area contributed by atoms with Gasteiger partial charge in [-0.15, -0.1) is 0 Å². The van der Waals surface area contributed by atoms with Crippen molar-refractivity contribution in [1.29, 1.82) is 0 Å². The van der Waals surface area contributed by atoms with E-state index in [1.807, 2.05) is 19.9 Å². The second-order valence-electron chi connectivity index (χ2n) is 5.20. The summed E-state index contributed by atoms with van der Waals surface area (Å²) in [6, 6.07) is 8.43. The fraction of sp³-hybridized carbons (Fsp3) is 0.235. The number of carbonyl (C=O) groups is 2. The molecule has 0 unspecified atom stereocenters. The number of nitrogens with one attached hydrogen (secondary N) is 1. The monoisotopic (exact) mass is 332 g/mol. The van der Waals surface area contributed by atoms with Crippen LogP contribution < -0.4 is 5.32 Å². The number of esters is 1. The lowest BCUT2D eigenvalue weighted by molar-refractivity contribution is -0.123. The summed E-state index contributed by atoms with van der Waals surface area (Å²) in [6.07, 6.45) is 0.477. The molecule has 2 aromatic rings. The van der Waals surface area contributed by atoms with Crippen molar-refractivity contribution in [2.24, 2.45) is 0 Å². The number of anilines is 1. The Labute approximate surface area is 139 Å². The van der Waals surface area contributed by atoms with E-state index in [9.17, 15) is 9.59 Å². The zero-order chi connectivity index (χ0) is 17.0. The molecule has 6 heteroatoms. The van der Waals surface area contributed by atoms with Crippen LogP contribution >= 0.6 is 11.6 Å². The van der Waals surface area contributed by atoms with E-state index in [1.54, 1.807) is 24.3 Å². The summed E-state index contributed by atoms with van der Waals surface area (Å²) in [7, 11) is 0. The molecule has 23 heavy (non-hydrogen) atoms. The van der Waals surface area contributed by atoms with Crippen molar-refractivity contribution in [1.82, 2.24) is 4.98 Å². The highest BCUT2D eigenvalue weighted by molar-refractivity contribution is 6.30. The Bertz CT molecular complexity index is 729. The molecule has 0 aliphatic rings. The van der Waals surface area contributed by atoms with Gasteiger partial charge in [-0.05, 0) is 56.2 Å². The molecule has 1 atom stereocenters. The van der Waals surface area contributed by atoms with E-state index in [2.05, 4.69) is 10.3 Å². The summed E-state index contributed by atoms with van der Waals surface area (Å²) < 4.78 is 5.18. The molecular weight excluding hydrogens is 316 g/mol. The van der Waals surface area contributed by atoms with Gasteiger partial charge in [0.2, 0.25) is 0 Å². The van der Waals surface area contributed by atoms with Gasteiger partial charge in [0.25, 0.3) is 5.91 Å². The third kappa shape index (κ3) is 4.53. The van der Waals surface area contributed by atoms with Gasteiger partial charge < -0.3 is 10.1 Å². The number of aryl methyl sites for hydroxylation is 2. The van der Waals surface area contributed by atoms with Gasteiger partial charge in [-0.25, -0.2) is 9.78 Å². The van der Waals surface area contributed by atoms with Gasteiger partial charge in [0.1, 0.15) is 5.82 Å². The van der Waals surface area contributed by atoms with E-state index >= 15 is 0 Å². The fourth-order valence-electron chi connectivity index (χ4n) is 1.83. The van der Waals surface area contributed by atoms with Crippen LogP contribution in [0.4, 0.5) is 5.82 Å². The van der Waals surface area contributed by atoms with E-state index in [1.165, 1.54) is 13.1 Å². The van der Waals surface area contributed by atoms with E-state index in [4.69, 9.17) is 16.3 Å². The van der Waals surface area contributed by atoms with Crippen LogP contribution in [0.2, 0.25) is 5.02 Å². The number of halogens is 1. The van der Waals surface area contributed by atoms with E-state index < -0.39 is 18.0 Å². The van der Waals surface area contributed by atoms with Crippen LogP contribution in [0.3, 0.4) is 0 Å². The predicted octanol–water partition coefficient (Wildman–Crippen LogP) is 3.54. The zero-order valence-electron chi connectivity index (χ0n) is 13.1. The lowest BCUT2D eigenvalue weighted by atomic mass is 10.1. The first kappa shape index (κ1) is 17.0. The number of ether oxygens (including phenoxy) is 1. The van der Waals surface area contributed by atoms with Crippen molar-refractivity contribution >= 4 is 29.3 Å². The van der Waals surface area contributed by atoms with Crippen LogP contribution in [0.5, 0.6) is 0 Å². The molecule has 0 fully saturated rings. The highest BCUT2D eigenvalue weighted by Gasteiger charge is 2.19. The largest absolute Gasteiger partial charge is 0.449 e. The highest BCUT2D eigenvalue weighted by Crippen LogP contribution is 2.13. The summed E-state index contributed by atoms with van der Waals surface area (Å²) in [5.41, 5.74) is 2.49. The third-order valence-corrected chi connectivity index (χ3v) is 3.60. The van der Waals surface area contributed by atoms with Crippen LogP contribution in [-0.2, 0) is 9.53 Å².